The number of hydrogen-bond donors (Lipinski definition) is 6. The minimum atomic E-state index is -1.19. The second-order valence-electron chi connectivity index (χ2n) is 7.57. The topological polar surface area (TPSA) is 174 Å². The van der Waals surface area contributed by atoms with Crippen LogP contribution in [-0.4, -0.2) is 35.0 Å². The second kappa shape index (κ2) is 10.9. The number of amides is 2. The van der Waals surface area contributed by atoms with Crippen molar-refractivity contribution in [2.24, 2.45) is 23.1 Å². The van der Waals surface area contributed by atoms with Crippen molar-refractivity contribution in [3.05, 3.63) is 35.4 Å². The van der Waals surface area contributed by atoms with Gasteiger partial charge in [-0.2, -0.15) is 0 Å². The Hall–Kier alpha value is -2.49. The van der Waals surface area contributed by atoms with Crippen LogP contribution in [0.3, 0.4) is 0 Å². The molecule has 0 aliphatic heterocycles. The van der Waals surface area contributed by atoms with E-state index in [1.54, 1.807) is 24.3 Å². The molecule has 1 aromatic rings. The summed E-state index contributed by atoms with van der Waals surface area (Å²) < 4.78 is 0. The van der Waals surface area contributed by atoms with Crippen LogP contribution in [0.5, 0.6) is 0 Å². The molecular formula is C20H31N5O4. The van der Waals surface area contributed by atoms with Gasteiger partial charge in [0.25, 0.3) is 0 Å². The molecule has 9 N–H and O–H groups in total. The predicted octanol–water partition coefficient (Wildman–Crippen LogP) is 0.0859. The van der Waals surface area contributed by atoms with E-state index < -0.39 is 42.5 Å². The van der Waals surface area contributed by atoms with Gasteiger partial charge in [-0.05, 0) is 29.9 Å². The van der Waals surface area contributed by atoms with Crippen molar-refractivity contribution in [1.29, 1.82) is 0 Å². The molecule has 9 heteroatoms. The molecule has 2 atom stereocenters. The van der Waals surface area contributed by atoms with E-state index in [1.807, 2.05) is 0 Å². The fourth-order valence-corrected chi connectivity index (χ4v) is 3.53. The number of hydrogen-bond acceptors (Lipinski definition) is 6. The van der Waals surface area contributed by atoms with Crippen molar-refractivity contribution >= 4 is 17.8 Å². The van der Waals surface area contributed by atoms with E-state index in [2.05, 4.69) is 10.6 Å². The van der Waals surface area contributed by atoms with Crippen molar-refractivity contribution in [2.45, 2.75) is 63.3 Å². The Balaban J connectivity index is 1.94. The number of carbonyl (C=O) groups is 3. The van der Waals surface area contributed by atoms with Gasteiger partial charge in [0, 0.05) is 6.54 Å². The summed E-state index contributed by atoms with van der Waals surface area (Å²) in [7, 11) is 0. The fraction of sp³-hybridized carbons (Fsp3) is 0.550. The van der Waals surface area contributed by atoms with Gasteiger partial charge in [0.05, 0.1) is 18.6 Å². The summed E-state index contributed by atoms with van der Waals surface area (Å²) in [5, 5.41) is 14.3. The molecule has 29 heavy (non-hydrogen) atoms. The molecule has 2 amide bonds. The highest BCUT2D eigenvalue weighted by Gasteiger charge is 2.30. The third-order valence-corrected chi connectivity index (χ3v) is 5.30. The number of rotatable bonds is 9. The molecule has 0 bridgehead atoms. The molecule has 0 heterocycles. The van der Waals surface area contributed by atoms with Gasteiger partial charge >= 0.3 is 5.97 Å². The Morgan fingerprint density at radius 1 is 1.00 bits per heavy atom. The van der Waals surface area contributed by atoms with E-state index in [-0.39, 0.29) is 12.5 Å². The van der Waals surface area contributed by atoms with Crippen LogP contribution in [0.25, 0.3) is 0 Å². The summed E-state index contributed by atoms with van der Waals surface area (Å²) in [6.45, 7) is 0.180. The normalized spacial score (nSPS) is 16.8. The van der Waals surface area contributed by atoms with Gasteiger partial charge in [-0.3, -0.25) is 14.4 Å². The van der Waals surface area contributed by atoms with Gasteiger partial charge in [-0.25, -0.2) is 0 Å². The van der Waals surface area contributed by atoms with Crippen LogP contribution in [-0.2, 0) is 20.9 Å². The summed E-state index contributed by atoms with van der Waals surface area (Å²) in [6, 6.07) is 5.12. The van der Waals surface area contributed by atoms with E-state index in [0.29, 0.717) is 0 Å². The van der Waals surface area contributed by atoms with E-state index >= 15 is 0 Å². The first-order valence-electron chi connectivity index (χ1n) is 9.93. The first kappa shape index (κ1) is 22.8. The van der Waals surface area contributed by atoms with Gasteiger partial charge in [0.15, 0.2) is 0 Å². The van der Waals surface area contributed by atoms with Gasteiger partial charge in [-0.15, -0.1) is 0 Å². The molecule has 1 aliphatic rings. The molecule has 9 nitrogen and oxygen atoms in total. The van der Waals surface area contributed by atoms with E-state index in [9.17, 15) is 14.4 Å². The maximum absolute atomic E-state index is 12.5. The maximum atomic E-state index is 12.5. The van der Waals surface area contributed by atoms with Crippen LogP contribution in [0.2, 0.25) is 0 Å². The van der Waals surface area contributed by atoms with Crippen LogP contribution >= 0.6 is 0 Å². The highest BCUT2D eigenvalue weighted by molar-refractivity contribution is 5.92. The Labute approximate surface area is 170 Å². The monoisotopic (exact) mass is 405 g/mol. The highest BCUT2D eigenvalue weighted by Crippen LogP contribution is 2.25. The minimum absolute atomic E-state index is 0.0599. The molecule has 1 aromatic carbocycles. The van der Waals surface area contributed by atoms with Gasteiger partial charge < -0.3 is 32.9 Å². The molecule has 0 spiro atoms. The lowest BCUT2D eigenvalue weighted by Crippen LogP contribution is -2.54. The number of benzene rings is 1. The summed E-state index contributed by atoms with van der Waals surface area (Å²) in [6.07, 6.45) is 3.82. The Kier molecular flexibility index (Phi) is 8.56. The number of carboxylic acid groups (broad SMARTS) is 1. The minimum Gasteiger partial charge on any atom is -0.481 e. The summed E-state index contributed by atoms with van der Waals surface area (Å²) >= 11 is 0. The third kappa shape index (κ3) is 7.12. The van der Waals surface area contributed by atoms with Crippen molar-refractivity contribution in [3.63, 3.8) is 0 Å². The van der Waals surface area contributed by atoms with Crippen LogP contribution in [0.1, 0.15) is 55.8 Å². The number of nitrogens with two attached hydrogens (primary N) is 3. The van der Waals surface area contributed by atoms with Crippen LogP contribution in [0.15, 0.2) is 24.3 Å². The number of carboxylic acids is 1. The summed E-state index contributed by atoms with van der Waals surface area (Å²) in [5.74, 6) is -2.18. The lowest BCUT2D eigenvalue weighted by Gasteiger charge is -2.28. The van der Waals surface area contributed by atoms with E-state index in [1.165, 1.54) is 0 Å². The molecular weight excluding hydrogens is 374 g/mol. The molecule has 0 aromatic heterocycles. The van der Waals surface area contributed by atoms with Crippen molar-refractivity contribution < 1.29 is 19.5 Å². The van der Waals surface area contributed by atoms with Crippen molar-refractivity contribution in [1.82, 2.24) is 10.6 Å². The second-order valence-corrected chi connectivity index (χ2v) is 7.57. The summed E-state index contributed by atoms with van der Waals surface area (Å²) in [5.41, 5.74) is 18.8. The Bertz CT molecular complexity index is 701. The average molecular weight is 405 g/mol. The average Bonchev–Trinajstić information content (AvgIpc) is 2.71. The van der Waals surface area contributed by atoms with E-state index in [0.717, 1.165) is 43.2 Å². The largest absolute Gasteiger partial charge is 0.481 e. The first-order valence-corrected chi connectivity index (χ1v) is 9.93. The van der Waals surface area contributed by atoms with E-state index in [4.69, 9.17) is 22.3 Å². The van der Waals surface area contributed by atoms with Crippen molar-refractivity contribution in [3.8, 4) is 0 Å². The Morgan fingerprint density at radius 2 is 1.62 bits per heavy atom. The third-order valence-electron chi connectivity index (χ3n) is 5.30. The molecule has 0 unspecified atom stereocenters. The molecule has 1 fully saturated rings. The molecule has 1 aliphatic carbocycles. The molecule has 2 rings (SSSR count). The van der Waals surface area contributed by atoms with Crippen LogP contribution < -0.4 is 27.8 Å². The quantitative estimate of drug-likeness (QED) is 0.316. The number of nitrogens with one attached hydrogen (secondary N) is 2. The molecule has 1 saturated carbocycles. The fourth-order valence-electron chi connectivity index (χ4n) is 3.53. The predicted molar refractivity (Wildman–Crippen MR) is 108 cm³/mol. The number of carbonyl (C=O) groups excluding carboxylic acids is 2. The first-order chi connectivity index (χ1) is 13.8. The lowest BCUT2D eigenvalue weighted by molar-refractivity contribution is -0.140. The maximum Gasteiger partial charge on any atom is 0.305 e. The standard InChI is InChI=1S/C20H31N5O4/c21-17(13-4-2-1-3-5-13)20(29)25-15(10-16(26)27)19(28)24-11-12-6-8-14(9-7-12)18(22)23/h6-9,13,15,17-18H,1-5,10-11,21-23H2,(H,24,28)(H,25,29)(H,26,27)/t15-,17+/m0/s1. The van der Waals surface area contributed by atoms with Gasteiger partial charge in [0.1, 0.15) is 6.04 Å². The highest BCUT2D eigenvalue weighted by atomic mass is 16.4. The van der Waals surface area contributed by atoms with Crippen LogP contribution in [0, 0.1) is 5.92 Å². The Morgan fingerprint density at radius 3 is 2.17 bits per heavy atom. The van der Waals surface area contributed by atoms with Gasteiger partial charge in [0.2, 0.25) is 11.8 Å². The van der Waals surface area contributed by atoms with Crippen molar-refractivity contribution in [2.75, 3.05) is 0 Å². The molecule has 0 radical (unpaired) electrons. The summed E-state index contributed by atoms with van der Waals surface area (Å²) in [4.78, 5) is 36.1. The zero-order chi connectivity index (χ0) is 21.4. The number of aliphatic carboxylic acids is 1. The SMILES string of the molecule is NC(N)c1ccc(CNC(=O)[C@H](CC(=O)O)NC(=O)[C@H](N)C2CCCCC2)cc1. The lowest BCUT2D eigenvalue weighted by atomic mass is 9.84. The molecule has 160 valence electrons. The zero-order valence-corrected chi connectivity index (χ0v) is 16.5. The zero-order valence-electron chi connectivity index (χ0n) is 16.5. The van der Waals surface area contributed by atoms with Crippen LogP contribution in [0.4, 0.5) is 0 Å². The van der Waals surface area contributed by atoms with Gasteiger partial charge in [-0.1, -0.05) is 43.5 Å². The smallest absolute Gasteiger partial charge is 0.305 e. The molecule has 0 saturated heterocycles.